The van der Waals surface area contributed by atoms with Crippen LogP contribution in [-0.4, -0.2) is 59.4 Å². The fourth-order valence-electron chi connectivity index (χ4n) is 3.52. The summed E-state index contributed by atoms with van der Waals surface area (Å²) in [5, 5.41) is 21.5. The minimum Gasteiger partial charge on any atom is -0.481 e. The van der Waals surface area contributed by atoms with Gasteiger partial charge in [-0.1, -0.05) is 30.3 Å². The molecule has 1 fully saturated rings. The lowest BCUT2D eigenvalue weighted by Gasteiger charge is -2.43. The minimum atomic E-state index is -1.19. The van der Waals surface area contributed by atoms with Gasteiger partial charge in [-0.15, -0.1) is 11.3 Å². The van der Waals surface area contributed by atoms with E-state index >= 15 is 0 Å². The highest BCUT2D eigenvalue weighted by atomic mass is 32.1. The maximum atomic E-state index is 12.2. The third-order valence-corrected chi connectivity index (χ3v) is 6.10. The highest BCUT2D eigenvalue weighted by Crippen LogP contribution is 2.36. The molecule has 0 spiro atoms. The Kier molecular flexibility index (Phi) is 5.60. The predicted molar refractivity (Wildman–Crippen MR) is 103 cm³/mol. The zero-order chi connectivity index (χ0) is 18.7. The maximum absolute atomic E-state index is 12.2. The summed E-state index contributed by atoms with van der Waals surface area (Å²) in [6.45, 7) is 1.66. The van der Waals surface area contributed by atoms with Crippen LogP contribution in [0.2, 0.25) is 0 Å². The van der Waals surface area contributed by atoms with Gasteiger partial charge in [-0.2, -0.15) is 0 Å². The molecule has 1 aromatic carbocycles. The van der Waals surface area contributed by atoms with Gasteiger partial charge < -0.3 is 15.1 Å². The Balaban J connectivity index is 1.78. The van der Waals surface area contributed by atoms with Gasteiger partial charge >= 0.3 is 5.97 Å². The number of hydrogen-bond donors (Lipinski definition) is 2. The van der Waals surface area contributed by atoms with E-state index in [2.05, 4.69) is 9.88 Å². The molecule has 0 radical (unpaired) electrons. The summed E-state index contributed by atoms with van der Waals surface area (Å²) >= 11 is 1.61. The quantitative estimate of drug-likeness (QED) is 0.805. The molecule has 0 unspecified atom stereocenters. The number of benzene rings is 1. The Morgan fingerprint density at radius 1 is 1.38 bits per heavy atom. The summed E-state index contributed by atoms with van der Waals surface area (Å²) in [5.41, 5.74) is -0.252. The summed E-state index contributed by atoms with van der Waals surface area (Å²) < 4.78 is 0. The van der Waals surface area contributed by atoms with Crippen molar-refractivity contribution in [1.82, 2.24) is 9.88 Å². The Morgan fingerprint density at radius 2 is 2.12 bits per heavy atom. The van der Waals surface area contributed by atoms with Crippen LogP contribution in [-0.2, 0) is 17.8 Å². The third kappa shape index (κ3) is 3.90. The van der Waals surface area contributed by atoms with Crippen LogP contribution in [0.25, 0.3) is 0 Å². The fourth-order valence-corrected chi connectivity index (χ4v) is 4.39. The number of anilines is 1. The van der Waals surface area contributed by atoms with E-state index in [-0.39, 0.29) is 0 Å². The summed E-state index contributed by atoms with van der Waals surface area (Å²) in [4.78, 5) is 21.8. The number of likely N-dealkylation sites (tertiary alicyclic amines) is 1. The van der Waals surface area contributed by atoms with Crippen LogP contribution >= 0.6 is 11.3 Å². The zero-order valence-corrected chi connectivity index (χ0v) is 15.9. The number of rotatable bonds is 6. The van der Waals surface area contributed by atoms with Crippen LogP contribution in [0.15, 0.2) is 36.5 Å². The second kappa shape index (κ2) is 7.73. The van der Waals surface area contributed by atoms with Crippen LogP contribution in [0.4, 0.5) is 5.13 Å². The molecule has 0 saturated carbocycles. The number of nitrogens with zero attached hydrogens (tertiary/aromatic N) is 3. The van der Waals surface area contributed by atoms with Gasteiger partial charge in [0, 0.05) is 44.8 Å². The highest BCUT2D eigenvalue weighted by Gasteiger charge is 2.49. The smallest absolute Gasteiger partial charge is 0.313 e. The average Bonchev–Trinajstić information content (AvgIpc) is 3.07. The number of aliphatic carboxylic acids is 1. The van der Waals surface area contributed by atoms with Crippen LogP contribution < -0.4 is 4.90 Å². The van der Waals surface area contributed by atoms with Crippen LogP contribution in [0.5, 0.6) is 0 Å². The predicted octanol–water partition coefficient (Wildman–Crippen LogP) is 2.09. The van der Waals surface area contributed by atoms with Gasteiger partial charge in [-0.05, 0) is 18.4 Å². The number of aliphatic hydroxyl groups is 1. The first-order valence-electron chi connectivity index (χ1n) is 8.70. The Morgan fingerprint density at radius 3 is 2.73 bits per heavy atom. The Bertz CT molecular complexity index is 749. The molecule has 26 heavy (non-hydrogen) atoms. The standard InChI is InChI=1S/C19H25N3O3S/c1-21(2)18-20-11-15(26-18)12-22-9-8-16(23)19(13-22,17(24)25)10-14-6-4-3-5-7-14/h3-7,11,16,23H,8-10,12-13H2,1-2H3,(H,24,25)/t16-,19-/m1/s1. The van der Waals surface area contributed by atoms with Gasteiger partial charge in [0.15, 0.2) is 5.13 Å². The summed E-state index contributed by atoms with van der Waals surface area (Å²) in [5.74, 6) is -0.933. The van der Waals surface area contributed by atoms with Gasteiger partial charge in [-0.3, -0.25) is 9.69 Å². The van der Waals surface area contributed by atoms with Gasteiger partial charge in [0.2, 0.25) is 0 Å². The van der Waals surface area contributed by atoms with E-state index in [4.69, 9.17) is 0 Å². The van der Waals surface area contributed by atoms with Gasteiger partial charge in [-0.25, -0.2) is 4.98 Å². The molecule has 0 aliphatic carbocycles. The lowest BCUT2D eigenvalue weighted by Crippen LogP contribution is -2.56. The summed E-state index contributed by atoms with van der Waals surface area (Å²) in [6.07, 6.45) is 1.78. The first kappa shape index (κ1) is 18.8. The van der Waals surface area contributed by atoms with E-state index in [1.54, 1.807) is 11.3 Å². The van der Waals surface area contributed by atoms with Crippen molar-refractivity contribution in [2.24, 2.45) is 5.41 Å². The van der Waals surface area contributed by atoms with E-state index in [0.29, 0.717) is 32.5 Å². The molecule has 1 aromatic heterocycles. The summed E-state index contributed by atoms with van der Waals surface area (Å²) in [7, 11) is 3.91. The molecule has 3 rings (SSSR count). The van der Waals surface area contributed by atoms with Crippen molar-refractivity contribution in [2.45, 2.75) is 25.5 Å². The molecule has 1 saturated heterocycles. The fraction of sp³-hybridized carbons (Fsp3) is 0.474. The molecule has 2 heterocycles. The number of aliphatic hydroxyl groups excluding tert-OH is 1. The molecule has 2 aromatic rings. The monoisotopic (exact) mass is 375 g/mol. The molecule has 140 valence electrons. The van der Waals surface area contributed by atoms with Crippen LogP contribution in [0, 0.1) is 5.41 Å². The molecule has 0 amide bonds. The van der Waals surface area contributed by atoms with Crippen molar-refractivity contribution in [3.05, 3.63) is 47.0 Å². The molecule has 7 heteroatoms. The molecule has 2 atom stereocenters. The molecular formula is C19H25N3O3S. The molecule has 6 nitrogen and oxygen atoms in total. The van der Waals surface area contributed by atoms with Crippen molar-refractivity contribution < 1.29 is 15.0 Å². The van der Waals surface area contributed by atoms with Crippen molar-refractivity contribution >= 4 is 22.4 Å². The first-order valence-corrected chi connectivity index (χ1v) is 9.52. The number of piperidine rings is 1. The lowest BCUT2D eigenvalue weighted by molar-refractivity contribution is -0.163. The van der Waals surface area contributed by atoms with Crippen molar-refractivity contribution in [1.29, 1.82) is 0 Å². The van der Waals surface area contributed by atoms with E-state index in [1.807, 2.05) is 55.5 Å². The van der Waals surface area contributed by atoms with Crippen molar-refractivity contribution in [3.8, 4) is 0 Å². The highest BCUT2D eigenvalue weighted by molar-refractivity contribution is 7.15. The molecule has 0 bridgehead atoms. The summed E-state index contributed by atoms with van der Waals surface area (Å²) in [6, 6.07) is 9.55. The number of carboxylic acid groups (broad SMARTS) is 1. The zero-order valence-electron chi connectivity index (χ0n) is 15.1. The number of carbonyl (C=O) groups is 1. The van der Waals surface area contributed by atoms with E-state index in [9.17, 15) is 15.0 Å². The Labute approximate surface area is 157 Å². The molecule has 2 N–H and O–H groups in total. The molecule has 1 aliphatic rings. The van der Waals surface area contributed by atoms with Crippen molar-refractivity contribution in [3.63, 3.8) is 0 Å². The number of aromatic nitrogens is 1. The molecular weight excluding hydrogens is 350 g/mol. The normalized spacial score (nSPS) is 23.7. The average molecular weight is 375 g/mol. The van der Waals surface area contributed by atoms with E-state index in [0.717, 1.165) is 15.6 Å². The van der Waals surface area contributed by atoms with E-state index in [1.165, 1.54) is 0 Å². The van der Waals surface area contributed by atoms with Gasteiger partial charge in [0.1, 0.15) is 5.41 Å². The minimum absolute atomic E-state index is 0.326. The van der Waals surface area contributed by atoms with Crippen LogP contribution in [0.3, 0.4) is 0 Å². The third-order valence-electron chi connectivity index (χ3n) is 4.95. The molecule has 1 aliphatic heterocycles. The van der Waals surface area contributed by atoms with Gasteiger partial charge in [0.25, 0.3) is 0 Å². The second-order valence-corrected chi connectivity index (χ2v) is 8.24. The van der Waals surface area contributed by atoms with Crippen molar-refractivity contribution in [2.75, 3.05) is 32.1 Å². The number of carboxylic acids is 1. The topological polar surface area (TPSA) is 76.9 Å². The van der Waals surface area contributed by atoms with Gasteiger partial charge in [0.05, 0.1) is 6.10 Å². The second-order valence-electron chi connectivity index (χ2n) is 7.14. The maximum Gasteiger partial charge on any atom is 0.313 e. The number of thiazole rings is 1. The lowest BCUT2D eigenvalue weighted by atomic mass is 9.73. The Hall–Kier alpha value is -1.96. The first-order chi connectivity index (χ1) is 12.4. The van der Waals surface area contributed by atoms with E-state index < -0.39 is 17.5 Å². The number of hydrogen-bond acceptors (Lipinski definition) is 6. The van der Waals surface area contributed by atoms with Crippen LogP contribution in [0.1, 0.15) is 16.9 Å². The largest absolute Gasteiger partial charge is 0.481 e. The SMILES string of the molecule is CN(C)c1ncc(CN2CC[C@@H](O)[C@](Cc3ccccc3)(C(=O)O)C2)s1.